The predicted octanol–water partition coefficient (Wildman–Crippen LogP) is 0.523. The third-order valence-electron chi connectivity index (χ3n) is 5.54. The number of rotatable bonds is 19. The van der Waals surface area contributed by atoms with Crippen molar-refractivity contribution in [3.05, 3.63) is 12.2 Å². The van der Waals surface area contributed by atoms with Crippen molar-refractivity contribution in [3.63, 3.8) is 0 Å². The Morgan fingerprint density at radius 3 is 0.947 bits per heavy atom. The molecule has 230 valence electrons. The molecule has 0 aromatic carbocycles. The van der Waals surface area contributed by atoms with Crippen LogP contribution in [0, 0.1) is 10.8 Å². The van der Waals surface area contributed by atoms with Crippen molar-refractivity contribution in [1.82, 2.24) is 0 Å². The standard InChI is InChI=1S/C12H24O2.2C5H12O4.C4H6O2/c1-2-3-4-5-6-7-8-9-10-11-12(13)14;2*6-1-5(2-7,3-8)4-9;1-3(2)4(5)6/h2-11H2,1H3,(H,13,14);2*6-9H,1-4H2;1H2,2H3,(H,5,6). The lowest BCUT2D eigenvalue weighted by Crippen LogP contribution is -2.37. The van der Waals surface area contributed by atoms with Gasteiger partial charge in [0, 0.05) is 12.0 Å². The summed E-state index contributed by atoms with van der Waals surface area (Å²) in [6.45, 7) is 3.58. The van der Waals surface area contributed by atoms with Crippen LogP contribution in [0.5, 0.6) is 0 Å². The van der Waals surface area contributed by atoms with Gasteiger partial charge < -0.3 is 51.1 Å². The van der Waals surface area contributed by atoms with Crippen LogP contribution in [0.4, 0.5) is 0 Å². The van der Waals surface area contributed by atoms with Gasteiger partial charge in [0.1, 0.15) is 0 Å². The fourth-order valence-corrected chi connectivity index (χ4v) is 2.19. The molecule has 0 aliphatic rings. The highest BCUT2D eigenvalue weighted by Crippen LogP contribution is 2.13. The van der Waals surface area contributed by atoms with Gasteiger partial charge in [0.2, 0.25) is 0 Å². The second-order valence-electron chi connectivity index (χ2n) is 9.32. The minimum absolute atomic E-state index is 0.176. The monoisotopic (exact) mass is 558 g/mol. The molecule has 0 heterocycles. The number of aliphatic carboxylic acids is 2. The van der Waals surface area contributed by atoms with E-state index in [2.05, 4.69) is 13.5 Å². The molecule has 0 spiro atoms. The lowest BCUT2D eigenvalue weighted by Gasteiger charge is -2.23. The second kappa shape index (κ2) is 29.9. The Balaban J connectivity index is -0.000000212. The Morgan fingerprint density at radius 2 is 0.789 bits per heavy atom. The van der Waals surface area contributed by atoms with Crippen LogP contribution in [0.3, 0.4) is 0 Å². The Kier molecular flexibility index (Phi) is 34.2. The van der Waals surface area contributed by atoms with Crippen LogP contribution in [0.2, 0.25) is 0 Å². The topological polar surface area (TPSA) is 236 Å². The SMILES string of the molecule is C=C(C)C(=O)O.CCCCCCCCCCCC(=O)O.OCC(CO)(CO)CO.OCC(CO)(CO)CO. The summed E-state index contributed by atoms with van der Waals surface area (Å²) >= 11 is 0. The van der Waals surface area contributed by atoms with Crippen LogP contribution in [-0.2, 0) is 9.59 Å². The summed E-state index contributed by atoms with van der Waals surface area (Å²) < 4.78 is 0. The van der Waals surface area contributed by atoms with Crippen LogP contribution >= 0.6 is 0 Å². The molecule has 38 heavy (non-hydrogen) atoms. The summed E-state index contributed by atoms with van der Waals surface area (Å²) in [4.78, 5) is 19.8. The van der Waals surface area contributed by atoms with Gasteiger partial charge in [0.25, 0.3) is 0 Å². The largest absolute Gasteiger partial charge is 0.481 e. The number of unbranched alkanes of at least 4 members (excludes halogenated alkanes) is 8. The van der Waals surface area contributed by atoms with E-state index < -0.39 is 75.6 Å². The summed E-state index contributed by atoms with van der Waals surface area (Å²) in [5, 5.41) is 84.3. The number of aliphatic hydroxyl groups is 8. The molecule has 0 amide bonds. The van der Waals surface area contributed by atoms with Crippen molar-refractivity contribution in [2.24, 2.45) is 10.8 Å². The van der Waals surface area contributed by atoms with E-state index in [1.165, 1.54) is 51.9 Å². The number of carbonyl (C=O) groups is 2. The third kappa shape index (κ3) is 27.4. The molecule has 12 nitrogen and oxygen atoms in total. The average Bonchev–Trinajstić information content (AvgIpc) is 2.92. The Bertz CT molecular complexity index is 479. The number of aliphatic hydroxyl groups excluding tert-OH is 8. The van der Waals surface area contributed by atoms with Crippen molar-refractivity contribution in [1.29, 1.82) is 0 Å². The van der Waals surface area contributed by atoms with Gasteiger partial charge in [-0.25, -0.2) is 4.79 Å². The Hall–Kier alpha value is -1.64. The molecule has 0 saturated carbocycles. The van der Waals surface area contributed by atoms with Gasteiger partial charge in [-0.2, -0.15) is 0 Å². The Labute approximate surface area is 226 Å². The number of hydrogen-bond donors (Lipinski definition) is 10. The van der Waals surface area contributed by atoms with Gasteiger partial charge in [-0.05, 0) is 13.3 Å². The van der Waals surface area contributed by atoms with Crippen LogP contribution in [0.1, 0.15) is 78.1 Å². The summed E-state index contributed by atoms with van der Waals surface area (Å²) in [6, 6.07) is 0. The fraction of sp³-hybridized carbons (Fsp3) is 0.846. The summed E-state index contributed by atoms with van der Waals surface area (Å²) in [5.41, 5.74) is -2.05. The number of hydrogen-bond acceptors (Lipinski definition) is 10. The first-order chi connectivity index (χ1) is 17.9. The van der Waals surface area contributed by atoms with Crippen molar-refractivity contribution < 1.29 is 60.7 Å². The van der Waals surface area contributed by atoms with E-state index in [-0.39, 0.29) is 5.57 Å². The summed E-state index contributed by atoms with van der Waals surface area (Å²) in [5.74, 6) is -1.59. The molecule has 0 atom stereocenters. The molecule has 0 bridgehead atoms. The van der Waals surface area contributed by atoms with Gasteiger partial charge in [0.15, 0.2) is 0 Å². The number of carboxylic acids is 2. The van der Waals surface area contributed by atoms with E-state index in [1.807, 2.05) is 0 Å². The van der Waals surface area contributed by atoms with Gasteiger partial charge in [-0.1, -0.05) is 64.9 Å². The van der Waals surface area contributed by atoms with Crippen molar-refractivity contribution in [2.75, 3.05) is 52.9 Å². The fourth-order valence-electron chi connectivity index (χ4n) is 2.19. The highest BCUT2D eigenvalue weighted by molar-refractivity contribution is 5.84. The smallest absolute Gasteiger partial charge is 0.330 e. The predicted molar refractivity (Wildman–Crippen MR) is 143 cm³/mol. The third-order valence-corrected chi connectivity index (χ3v) is 5.54. The maximum atomic E-state index is 10.2. The van der Waals surface area contributed by atoms with Crippen molar-refractivity contribution in [3.8, 4) is 0 Å². The van der Waals surface area contributed by atoms with Crippen LogP contribution < -0.4 is 0 Å². The average molecular weight is 559 g/mol. The summed E-state index contributed by atoms with van der Waals surface area (Å²) in [6.07, 6.45) is 11.5. The molecule has 0 unspecified atom stereocenters. The van der Waals surface area contributed by atoms with E-state index >= 15 is 0 Å². The highest BCUT2D eigenvalue weighted by Gasteiger charge is 2.27. The maximum absolute atomic E-state index is 10.2. The second-order valence-corrected chi connectivity index (χ2v) is 9.32. The minimum Gasteiger partial charge on any atom is -0.481 e. The Morgan fingerprint density at radius 1 is 0.553 bits per heavy atom. The van der Waals surface area contributed by atoms with Crippen LogP contribution in [0.15, 0.2) is 12.2 Å². The van der Waals surface area contributed by atoms with Crippen LogP contribution in [0.25, 0.3) is 0 Å². The number of carboxylic acid groups (broad SMARTS) is 2. The van der Waals surface area contributed by atoms with Gasteiger partial charge in [-0.3, -0.25) is 4.79 Å². The quantitative estimate of drug-likeness (QED) is 0.0771. The van der Waals surface area contributed by atoms with Crippen molar-refractivity contribution >= 4 is 11.9 Å². The molecule has 0 aromatic rings. The first-order valence-corrected chi connectivity index (χ1v) is 12.9. The molecule has 0 aliphatic carbocycles. The lowest BCUT2D eigenvalue weighted by molar-refractivity contribution is -0.137. The molecule has 0 fully saturated rings. The molecule has 0 aliphatic heterocycles. The van der Waals surface area contributed by atoms with Gasteiger partial charge >= 0.3 is 11.9 Å². The first kappa shape index (κ1) is 43.4. The van der Waals surface area contributed by atoms with E-state index in [1.54, 1.807) is 0 Å². The van der Waals surface area contributed by atoms with Crippen molar-refractivity contribution in [2.45, 2.75) is 78.1 Å². The van der Waals surface area contributed by atoms with Gasteiger partial charge in [0.05, 0.1) is 63.7 Å². The molecular formula is C26H54O12. The van der Waals surface area contributed by atoms with E-state index in [4.69, 9.17) is 51.1 Å². The highest BCUT2D eigenvalue weighted by atomic mass is 16.4. The first-order valence-electron chi connectivity index (χ1n) is 12.9. The zero-order valence-electron chi connectivity index (χ0n) is 23.2. The molecule has 0 radical (unpaired) electrons. The minimum atomic E-state index is -1.11. The zero-order valence-corrected chi connectivity index (χ0v) is 23.2. The maximum Gasteiger partial charge on any atom is 0.330 e. The summed E-state index contributed by atoms with van der Waals surface area (Å²) in [7, 11) is 0. The molecular weight excluding hydrogens is 504 g/mol. The zero-order chi connectivity index (χ0) is 30.5. The molecule has 12 heteroatoms. The van der Waals surface area contributed by atoms with Gasteiger partial charge in [-0.15, -0.1) is 0 Å². The van der Waals surface area contributed by atoms with E-state index in [0.29, 0.717) is 6.42 Å². The molecule has 10 N–H and O–H groups in total. The lowest BCUT2D eigenvalue weighted by atomic mass is 9.93. The molecule has 0 aromatic heterocycles. The van der Waals surface area contributed by atoms with E-state index in [9.17, 15) is 9.59 Å². The van der Waals surface area contributed by atoms with Crippen LogP contribution in [-0.4, -0.2) is 116 Å². The van der Waals surface area contributed by atoms with E-state index in [0.717, 1.165) is 12.8 Å². The molecule has 0 saturated heterocycles. The molecule has 0 rings (SSSR count). The normalized spacial score (nSPS) is 10.7.